The molecule has 158 valence electrons. The molecule has 0 radical (unpaired) electrons. The van der Waals surface area contributed by atoms with E-state index in [2.05, 4.69) is 37.4 Å². The Bertz CT molecular complexity index is 987. The monoisotopic (exact) mass is 408 g/mol. The fourth-order valence-electron chi connectivity index (χ4n) is 5.88. The summed E-state index contributed by atoms with van der Waals surface area (Å²) >= 11 is 0. The van der Waals surface area contributed by atoms with Crippen molar-refractivity contribution in [2.24, 2.45) is 11.3 Å². The van der Waals surface area contributed by atoms with Crippen molar-refractivity contribution < 1.29 is 14.5 Å². The average molecular weight is 408 g/mol. The van der Waals surface area contributed by atoms with Gasteiger partial charge >= 0.3 is 5.97 Å². The number of nitrogens with zero attached hydrogens (tertiary/aromatic N) is 1. The Morgan fingerprint density at radius 2 is 1.83 bits per heavy atom. The lowest BCUT2D eigenvalue weighted by Crippen LogP contribution is -2.52. The quantitative estimate of drug-likeness (QED) is 0.409. The van der Waals surface area contributed by atoms with E-state index in [1.807, 2.05) is 0 Å². The summed E-state index contributed by atoms with van der Waals surface area (Å²) in [5, 5.41) is 14.2. The van der Waals surface area contributed by atoms with Crippen LogP contribution in [0, 0.1) is 21.4 Å². The van der Waals surface area contributed by atoms with Gasteiger partial charge in [-0.25, -0.2) is 0 Å². The lowest BCUT2D eigenvalue weighted by Gasteiger charge is -2.54. The van der Waals surface area contributed by atoms with Crippen LogP contribution in [0.25, 0.3) is 0 Å². The Morgan fingerprint density at radius 1 is 1.13 bits per heavy atom. The molecule has 4 rings (SSSR count). The van der Waals surface area contributed by atoms with Crippen molar-refractivity contribution in [3.05, 3.63) is 63.7 Å². The maximum atomic E-state index is 12.6. The predicted octanol–water partition coefficient (Wildman–Crippen LogP) is 5.52. The molecular formula is C24H28N2O4. The van der Waals surface area contributed by atoms with E-state index in [-0.39, 0.29) is 23.0 Å². The number of carbonyl (C=O) groups excluding carboxylic acids is 1. The van der Waals surface area contributed by atoms with Crippen LogP contribution in [0.4, 0.5) is 17.1 Å². The number of nitro benzene ring substituents is 1. The molecule has 2 unspecified atom stereocenters. The third kappa shape index (κ3) is 3.24. The summed E-state index contributed by atoms with van der Waals surface area (Å²) in [6.45, 7) is 4.38. The predicted molar refractivity (Wildman–Crippen MR) is 116 cm³/mol. The van der Waals surface area contributed by atoms with Crippen molar-refractivity contribution >= 4 is 23.0 Å². The van der Waals surface area contributed by atoms with E-state index in [9.17, 15) is 14.9 Å². The van der Waals surface area contributed by atoms with Crippen LogP contribution in [-0.4, -0.2) is 18.0 Å². The third-order valence-corrected chi connectivity index (χ3v) is 7.37. The Morgan fingerprint density at radius 3 is 2.50 bits per heavy atom. The number of non-ortho nitro benzene ring substituents is 1. The van der Waals surface area contributed by atoms with E-state index in [0.29, 0.717) is 0 Å². The van der Waals surface area contributed by atoms with E-state index in [0.717, 1.165) is 43.5 Å². The van der Waals surface area contributed by atoms with Crippen LogP contribution in [0.2, 0.25) is 0 Å². The molecular weight excluding hydrogens is 380 g/mol. The molecule has 6 nitrogen and oxygen atoms in total. The molecule has 2 aliphatic carbocycles. The van der Waals surface area contributed by atoms with E-state index in [1.165, 1.54) is 30.4 Å². The number of hydrogen-bond donors (Lipinski definition) is 1. The Balaban J connectivity index is 1.62. The molecule has 2 aliphatic rings. The summed E-state index contributed by atoms with van der Waals surface area (Å²) in [6.07, 6.45) is 4.87. The Hall–Kier alpha value is -2.89. The van der Waals surface area contributed by atoms with Crippen LogP contribution in [-0.2, 0) is 21.4 Å². The highest BCUT2D eigenvalue weighted by Gasteiger charge is 2.55. The first-order valence-electron chi connectivity index (χ1n) is 10.5. The number of nitro groups is 1. The maximum absolute atomic E-state index is 12.6. The number of benzene rings is 2. The standard InChI is InChI=1S/C24H28N2O4/c1-23-13-4-14-24(2,22(27)30-3)21(23)12-5-16-15-18(8-11-20(16)23)25-17-6-9-19(10-7-17)26(28)29/h6-11,15,21,25H,4-5,12-14H2,1-3H3/t21?,23-,24?/m1/s1. The van der Waals surface area contributed by atoms with E-state index in [1.54, 1.807) is 12.1 Å². The zero-order valence-corrected chi connectivity index (χ0v) is 17.7. The number of esters is 1. The van der Waals surface area contributed by atoms with Crippen LogP contribution in [0.1, 0.15) is 50.7 Å². The normalized spacial score (nSPS) is 27.5. The number of nitrogens with one attached hydrogen (secondary N) is 1. The van der Waals surface area contributed by atoms with Gasteiger partial charge < -0.3 is 10.1 Å². The molecule has 0 bridgehead atoms. The fourth-order valence-corrected chi connectivity index (χ4v) is 5.88. The molecule has 0 amide bonds. The van der Waals surface area contributed by atoms with Gasteiger partial charge in [0.05, 0.1) is 17.4 Å². The van der Waals surface area contributed by atoms with Gasteiger partial charge in [-0.2, -0.15) is 0 Å². The van der Waals surface area contributed by atoms with E-state index >= 15 is 0 Å². The molecule has 0 saturated heterocycles. The lowest BCUT2D eigenvalue weighted by molar-refractivity contribution is -0.384. The number of anilines is 2. The molecule has 1 fully saturated rings. The second-order valence-electron chi connectivity index (χ2n) is 9.07. The molecule has 1 saturated carbocycles. The molecule has 0 aromatic heterocycles. The van der Waals surface area contributed by atoms with Gasteiger partial charge in [-0.1, -0.05) is 19.4 Å². The molecule has 2 aromatic carbocycles. The second kappa shape index (κ2) is 7.42. The largest absolute Gasteiger partial charge is 0.469 e. The number of methoxy groups -OCH3 is 1. The first kappa shape index (κ1) is 20.4. The van der Waals surface area contributed by atoms with Gasteiger partial charge in [0.1, 0.15) is 0 Å². The van der Waals surface area contributed by atoms with Crippen LogP contribution >= 0.6 is 0 Å². The highest BCUT2D eigenvalue weighted by Crippen LogP contribution is 2.57. The highest BCUT2D eigenvalue weighted by molar-refractivity contribution is 5.77. The van der Waals surface area contributed by atoms with Gasteiger partial charge in [-0.15, -0.1) is 0 Å². The van der Waals surface area contributed by atoms with Gasteiger partial charge in [-0.3, -0.25) is 14.9 Å². The van der Waals surface area contributed by atoms with E-state index in [4.69, 9.17) is 4.74 Å². The summed E-state index contributed by atoms with van der Waals surface area (Å²) in [6, 6.07) is 12.9. The lowest BCUT2D eigenvalue weighted by atomic mass is 9.50. The minimum Gasteiger partial charge on any atom is -0.469 e. The van der Waals surface area contributed by atoms with Crippen LogP contribution in [0.15, 0.2) is 42.5 Å². The van der Waals surface area contributed by atoms with Gasteiger partial charge in [0.25, 0.3) is 5.69 Å². The van der Waals surface area contributed by atoms with Crippen molar-refractivity contribution in [1.29, 1.82) is 0 Å². The first-order chi connectivity index (χ1) is 14.3. The summed E-state index contributed by atoms with van der Waals surface area (Å²) in [7, 11) is 1.49. The minimum absolute atomic E-state index is 0.0410. The Kier molecular flexibility index (Phi) is 5.04. The molecule has 2 aromatic rings. The average Bonchev–Trinajstić information content (AvgIpc) is 2.73. The summed E-state index contributed by atoms with van der Waals surface area (Å²) in [5.41, 5.74) is 4.04. The maximum Gasteiger partial charge on any atom is 0.311 e. The topological polar surface area (TPSA) is 81.5 Å². The molecule has 0 aliphatic heterocycles. The number of ether oxygens (including phenoxy) is 1. The molecule has 3 atom stereocenters. The number of fused-ring (bicyclic) bond motifs is 3. The van der Waals surface area contributed by atoms with Gasteiger partial charge in [0, 0.05) is 23.5 Å². The van der Waals surface area contributed by atoms with Crippen molar-refractivity contribution in [2.45, 2.75) is 51.4 Å². The van der Waals surface area contributed by atoms with Crippen molar-refractivity contribution in [2.75, 3.05) is 12.4 Å². The number of aryl methyl sites for hydroxylation is 1. The van der Waals surface area contributed by atoms with Gasteiger partial charge in [-0.05, 0) is 79.3 Å². The van der Waals surface area contributed by atoms with Crippen LogP contribution < -0.4 is 5.32 Å². The van der Waals surface area contributed by atoms with E-state index < -0.39 is 10.3 Å². The third-order valence-electron chi connectivity index (χ3n) is 7.37. The minimum atomic E-state index is -0.435. The number of hydrogen-bond acceptors (Lipinski definition) is 5. The summed E-state index contributed by atoms with van der Waals surface area (Å²) < 4.78 is 5.19. The molecule has 1 N–H and O–H groups in total. The zero-order valence-electron chi connectivity index (χ0n) is 17.7. The van der Waals surface area contributed by atoms with Crippen LogP contribution in [0.3, 0.4) is 0 Å². The van der Waals surface area contributed by atoms with Gasteiger partial charge in [0.15, 0.2) is 0 Å². The molecule has 30 heavy (non-hydrogen) atoms. The smallest absolute Gasteiger partial charge is 0.311 e. The Labute approximate surface area is 176 Å². The van der Waals surface area contributed by atoms with Crippen molar-refractivity contribution in [1.82, 2.24) is 0 Å². The molecule has 0 heterocycles. The van der Waals surface area contributed by atoms with Crippen LogP contribution in [0.5, 0.6) is 0 Å². The second-order valence-corrected chi connectivity index (χ2v) is 9.07. The highest BCUT2D eigenvalue weighted by atomic mass is 16.6. The molecule has 0 spiro atoms. The summed E-state index contributed by atoms with van der Waals surface area (Å²) in [4.78, 5) is 23.1. The number of rotatable bonds is 4. The zero-order chi connectivity index (χ0) is 21.5. The van der Waals surface area contributed by atoms with Crippen molar-refractivity contribution in [3.63, 3.8) is 0 Å². The van der Waals surface area contributed by atoms with Gasteiger partial charge in [0.2, 0.25) is 0 Å². The van der Waals surface area contributed by atoms with Crippen molar-refractivity contribution in [3.8, 4) is 0 Å². The number of carbonyl (C=O) groups is 1. The molecule has 6 heteroatoms. The first-order valence-corrected chi connectivity index (χ1v) is 10.5. The SMILES string of the molecule is COC(=O)C1(C)CCC[C@]2(C)c3ccc(Nc4ccc([N+](=O)[O-])cc4)cc3CCC12. The summed E-state index contributed by atoms with van der Waals surface area (Å²) in [5.74, 6) is 0.186. The fraction of sp³-hybridized carbons (Fsp3) is 0.458.